The molecule has 1 atom stereocenters. The summed E-state index contributed by atoms with van der Waals surface area (Å²) in [5.41, 5.74) is 8.16. The molecule has 1 aromatic heterocycles. The molecule has 1 unspecified atom stereocenters. The maximum atomic E-state index is 14.1. The molecule has 2 amide bonds. The van der Waals surface area contributed by atoms with Gasteiger partial charge in [0.15, 0.2) is 11.9 Å². The molecule has 3 aromatic carbocycles. The number of carboxylic acid groups (broad SMARTS) is 1. The molecular formula is C31H30I2N2O7. The third-order valence-electron chi connectivity index (χ3n) is 6.70. The minimum Gasteiger partial charge on any atom is -0.497 e. The first kappa shape index (κ1) is 31.6. The van der Waals surface area contributed by atoms with Gasteiger partial charge in [0.05, 0.1) is 31.2 Å². The fraction of sp³-hybridized carbons (Fsp3) is 0.258. The van der Waals surface area contributed by atoms with Crippen molar-refractivity contribution in [1.29, 1.82) is 0 Å². The molecule has 0 aliphatic rings. The second-order valence-corrected chi connectivity index (χ2v) is 11.8. The lowest BCUT2D eigenvalue weighted by Gasteiger charge is -2.21. The summed E-state index contributed by atoms with van der Waals surface area (Å²) in [6.45, 7) is 3.80. The van der Waals surface area contributed by atoms with Crippen LogP contribution >= 0.6 is 45.2 Å². The van der Waals surface area contributed by atoms with Crippen molar-refractivity contribution >= 4 is 85.3 Å². The van der Waals surface area contributed by atoms with Gasteiger partial charge in [-0.05, 0) is 113 Å². The number of amides is 2. The summed E-state index contributed by atoms with van der Waals surface area (Å²) >= 11 is 4.11. The number of rotatable bonds is 12. The van der Waals surface area contributed by atoms with Crippen LogP contribution in [0.3, 0.4) is 0 Å². The number of carbonyl (C=O) groups excluding carboxylic acids is 2. The summed E-state index contributed by atoms with van der Waals surface area (Å²) in [5.74, 6) is 0.316. The Morgan fingerprint density at radius 3 is 2.19 bits per heavy atom. The molecule has 11 heteroatoms. The Bertz CT molecular complexity index is 1610. The molecule has 0 aliphatic carbocycles. The highest BCUT2D eigenvalue weighted by atomic mass is 127. The summed E-state index contributed by atoms with van der Waals surface area (Å²) < 4.78 is 18.4. The van der Waals surface area contributed by atoms with E-state index in [0.29, 0.717) is 70.7 Å². The predicted octanol–water partition coefficient (Wildman–Crippen LogP) is 7.68. The third kappa shape index (κ3) is 6.66. The Balaban J connectivity index is 1.82. The van der Waals surface area contributed by atoms with Crippen molar-refractivity contribution in [3.05, 3.63) is 78.6 Å². The number of hydrogen-bond donors (Lipinski definition) is 2. The molecule has 42 heavy (non-hydrogen) atoms. The van der Waals surface area contributed by atoms with Gasteiger partial charge in [-0.2, -0.15) is 0 Å². The Kier molecular flexibility index (Phi) is 10.4. The molecule has 220 valence electrons. The normalized spacial score (nSPS) is 11.7. The van der Waals surface area contributed by atoms with E-state index in [1.807, 2.05) is 0 Å². The van der Waals surface area contributed by atoms with Gasteiger partial charge < -0.3 is 24.7 Å². The Morgan fingerprint density at radius 1 is 1.00 bits per heavy atom. The maximum absolute atomic E-state index is 14.1. The quantitative estimate of drug-likeness (QED) is 0.111. The molecule has 0 saturated heterocycles. The zero-order valence-corrected chi connectivity index (χ0v) is 27.6. The van der Waals surface area contributed by atoms with Crippen LogP contribution in [0.4, 0.5) is 16.2 Å². The number of aryl methyl sites for hydroxylation is 1. The number of urea groups is 1. The number of nitrogens with two attached hydrogens (primary N) is 1. The summed E-state index contributed by atoms with van der Waals surface area (Å²) in [5, 5.41) is 10.0. The van der Waals surface area contributed by atoms with E-state index in [9.17, 15) is 19.5 Å². The van der Waals surface area contributed by atoms with Crippen molar-refractivity contribution in [2.24, 2.45) is 5.73 Å². The molecule has 0 aliphatic heterocycles. The number of carbonyl (C=O) groups is 3. The first-order valence-corrected chi connectivity index (χ1v) is 15.5. The lowest BCUT2D eigenvalue weighted by atomic mass is 9.98. The monoisotopic (exact) mass is 796 g/mol. The molecule has 3 N–H and O–H groups in total. The molecule has 0 radical (unpaired) electrons. The van der Waals surface area contributed by atoms with Crippen molar-refractivity contribution in [3.63, 3.8) is 0 Å². The minimum atomic E-state index is -1.05. The van der Waals surface area contributed by atoms with Gasteiger partial charge in [-0.25, -0.2) is 9.59 Å². The van der Waals surface area contributed by atoms with Gasteiger partial charge in [0.25, 0.3) is 0 Å². The van der Waals surface area contributed by atoms with E-state index in [1.165, 1.54) is 4.90 Å². The van der Waals surface area contributed by atoms with Crippen molar-refractivity contribution in [1.82, 2.24) is 0 Å². The molecule has 1 heterocycles. The number of anilines is 2. The zero-order valence-electron chi connectivity index (χ0n) is 23.3. The molecule has 4 aromatic rings. The van der Waals surface area contributed by atoms with Gasteiger partial charge in [0.1, 0.15) is 22.8 Å². The van der Waals surface area contributed by atoms with Crippen LogP contribution in [0.25, 0.3) is 11.0 Å². The standard InChI is InChI=1S/C31H30I2N2O7/c1-4-6-7-26-27(28(36)17-14-22(32)29(23(33)15-17)42-24(5-2)30(37)38)21-16-19(10-13-25(21)41-26)35(31(34)39)18-8-11-20(40-3)12-9-18/h8-16,24H,4-7H2,1-3H3,(H2,34,39)(H,37,38). The van der Waals surface area contributed by atoms with Gasteiger partial charge in [0.2, 0.25) is 0 Å². The Labute approximate surface area is 270 Å². The largest absolute Gasteiger partial charge is 0.497 e. The fourth-order valence-electron chi connectivity index (χ4n) is 4.57. The second-order valence-electron chi connectivity index (χ2n) is 9.51. The molecule has 0 fully saturated rings. The lowest BCUT2D eigenvalue weighted by molar-refractivity contribution is -0.145. The molecule has 0 bridgehead atoms. The maximum Gasteiger partial charge on any atom is 0.344 e. The topological polar surface area (TPSA) is 132 Å². The van der Waals surface area contributed by atoms with Gasteiger partial charge in [-0.15, -0.1) is 0 Å². The van der Waals surface area contributed by atoms with Crippen LogP contribution < -0.4 is 20.1 Å². The number of furan rings is 1. The molecule has 0 saturated carbocycles. The zero-order chi connectivity index (χ0) is 30.6. The van der Waals surface area contributed by atoms with Crippen molar-refractivity contribution < 1.29 is 33.4 Å². The molecular weight excluding hydrogens is 766 g/mol. The molecule has 0 spiro atoms. The van der Waals surface area contributed by atoms with Gasteiger partial charge in [-0.3, -0.25) is 9.69 Å². The Morgan fingerprint density at radius 2 is 1.64 bits per heavy atom. The van der Waals surface area contributed by atoms with Crippen LogP contribution in [-0.2, 0) is 11.2 Å². The highest BCUT2D eigenvalue weighted by Crippen LogP contribution is 2.37. The SMILES string of the molecule is CCCCc1oc2ccc(N(C(N)=O)c3ccc(OC)cc3)cc2c1C(=O)c1cc(I)c(OC(CC)C(=O)O)c(I)c1. The van der Waals surface area contributed by atoms with Crippen molar-refractivity contribution in [2.75, 3.05) is 12.0 Å². The van der Waals surface area contributed by atoms with Crippen LogP contribution in [0.5, 0.6) is 11.5 Å². The summed E-state index contributed by atoms with van der Waals surface area (Å²) in [6.07, 6.45) is 1.59. The second kappa shape index (κ2) is 13.8. The number of carboxylic acids is 1. The highest BCUT2D eigenvalue weighted by molar-refractivity contribution is 14.1. The smallest absolute Gasteiger partial charge is 0.344 e. The van der Waals surface area contributed by atoms with Crippen molar-refractivity contribution in [2.45, 2.75) is 45.6 Å². The number of ether oxygens (including phenoxy) is 2. The van der Waals surface area contributed by atoms with E-state index in [2.05, 4.69) is 52.1 Å². The number of halogens is 2. The van der Waals surface area contributed by atoms with Crippen LogP contribution in [0.15, 0.2) is 59.0 Å². The highest BCUT2D eigenvalue weighted by Gasteiger charge is 2.26. The molecule has 4 rings (SSSR count). The number of aliphatic carboxylic acids is 1. The van der Waals surface area contributed by atoms with E-state index in [-0.39, 0.29) is 5.78 Å². The number of unbranched alkanes of at least 4 members (excludes halogenated alkanes) is 1. The minimum absolute atomic E-state index is 0.250. The third-order valence-corrected chi connectivity index (χ3v) is 8.31. The van der Waals surface area contributed by atoms with Crippen LogP contribution in [0.2, 0.25) is 0 Å². The average molecular weight is 796 g/mol. The number of hydrogen-bond acceptors (Lipinski definition) is 6. The van der Waals surface area contributed by atoms with Gasteiger partial charge in [0, 0.05) is 17.4 Å². The summed E-state index contributed by atoms with van der Waals surface area (Å²) in [4.78, 5) is 39.6. The predicted molar refractivity (Wildman–Crippen MR) is 177 cm³/mol. The number of benzene rings is 3. The number of ketones is 1. The van der Waals surface area contributed by atoms with E-state index >= 15 is 0 Å². The van der Waals surface area contributed by atoms with Crippen LogP contribution in [-0.4, -0.2) is 36.1 Å². The number of primary amides is 1. The van der Waals surface area contributed by atoms with Crippen LogP contribution in [0.1, 0.15) is 54.8 Å². The lowest BCUT2D eigenvalue weighted by Crippen LogP contribution is -2.31. The van der Waals surface area contributed by atoms with E-state index < -0.39 is 18.1 Å². The summed E-state index contributed by atoms with van der Waals surface area (Å²) in [6, 6.07) is 14.8. The van der Waals surface area contributed by atoms with Crippen LogP contribution in [0, 0.1) is 7.14 Å². The number of nitrogens with zero attached hydrogens (tertiary/aromatic N) is 1. The van der Waals surface area contributed by atoms with E-state index in [4.69, 9.17) is 19.6 Å². The average Bonchev–Trinajstić information content (AvgIpc) is 3.33. The van der Waals surface area contributed by atoms with Gasteiger partial charge >= 0.3 is 12.0 Å². The van der Waals surface area contributed by atoms with Gasteiger partial charge in [-0.1, -0.05) is 20.3 Å². The first-order chi connectivity index (χ1) is 20.1. The number of fused-ring (bicyclic) bond motifs is 1. The van der Waals surface area contributed by atoms with Crippen molar-refractivity contribution in [3.8, 4) is 11.5 Å². The summed E-state index contributed by atoms with van der Waals surface area (Å²) in [7, 11) is 1.56. The molecule has 9 nitrogen and oxygen atoms in total. The van der Waals surface area contributed by atoms with E-state index in [0.717, 1.165) is 12.8 Å². The number of methoxy groups -OCH3 is 1. The van der Waals surface area contributed by atoms with E-state index in [1.54, 1.807) is 68.6 Å². The Hall–Kier alpha value is -3.33. The fourth-order valence-corrected chi connectivity index (χ4v) is 6.59. The first-order valence-electron chi connectivity index (χ1n) is 13.3.